The highest BCUT2D eigenvalue weighted by Gasteiger charge is 2.32. The van der Waals surface area contributed by atoms with E-state index in [0.29, 0.717) is 6.04 Å². The smallest absolute Gasteiger partial charge is 0.290 e. The van der Waals surface area contributed by atoms with E-state index in [1.54, 1.807) is 6.33 Å². The molecule has 0 aromatic carbocycles. The molecule has 1 amide bonds. The van der Waals surface area contributed by atoms with Crippen molar-refractivity contribution in [3.8, 4) is 0 Å². The number of amides is 1. The predicted molar refractivity (Wildman–Crippen MR) is 133 cm³/mol. The van der Waals surface area contributed by atoms with Crippen molar-refractivity contribution < 1.29 is 29.3 Å². The molecule has 0 unspecified atom stereocenters. The van der Waals surface area contributed by atoms with Gasteiger partial charge in [0.05, 0.1) is 17.9 Å². The third-order valence-electron chi connectivity index (χ3n) is 7.13. The first kappa shape index (κ1) is 29.7. The predicted octanol–water partition coefficient (Wildman–Crippen LogP) is 0.419. The number of nitrogens with zero attached hydrogens (tertiary/aromatic N) is 3. The topological polar surface area (TPSA) is 174 Å². The van der Waals surface area contributed by atoms with Gasteiger partial charge in [0.2, 0.25) is 5.91 Å². The number of likely N-dealkylation sites (tertiary alicyclic amines) is 2. The highest BCUT2D eigenvalue weighted by molar-refractivity contribution is 5.79. The molecule has 0 radical (unpaired) electrons. The van der Waals surface area contributed by atoms with Gasteiger partial charge in [-0.3, -0.25) is 24.2 Å². The lowest BCUT2D eigenvalue weighted by Crippen LogP contribution is -2.49. The quantitative estimate of drug-likeness (QED) is 0.349. The molecular formula is C24H42N6O6. The molecule has 204 valence electrons. The molecule has 4 rings (SSSR count). The Morgan fingerprint density at radius 2 is 1.78 bits per heavy atom. The first-order valence-corrected chi connectivity index (χ1v) is 12.7. The van der Waals surface area contributed by atoms with E-state index in [2.05, 4.69) is 32.0 Å². The molecular weight excluding hydrogens is 468 g/mol. The molecule has 3 aliphatic heterocycles. The van der Waals surface area contributed by atoms with Crippen molar-refractivity contribution in [2.45, 2.75) is 70.1 Å². The van der Waals surface area contributed by atoms with Crippen LogP contribution in [-0.4, -0.2) is 106 Å². The summed E-state index contributed by atoms with van der Waals surface area (Å²) in [6, 6.07) is 0.953. The molecule has 3 saturated heterocycles. The molecule has 4 heterocycles. The van der Waals surface area contributed by atoms with Gasteiger partial charge in [-0.05, 0) is 45.4 Å². The summed E-state index contributed by atoms with van der Waals surface area (Å²) in [5.41, 5.74) is 8.61. The molecule has 3 fully saturated rings. The van der Waals surface area contributed by atoms with E-state index < -0.39 is 0 Å². The zero-order valence-electron chi connectivity index (χ0n) is 21.2. The Hall–Kier alpha value is -2.54. The number of carbonyl (C=O) groups excluding carboxylic acids is 1. The van der Waals surface area contributed by atoms with E-state index in [-0.39, 0.29) is 36.9 Å². The number of carboxylic acid groups (broad SMARTS) is 2. The van der Waals surface area contributed by atoms with E-state index >= 15 is 0 Å². The summed E-state index contributed by atoms with van der Waals surface area (Å²) >= 11 is 0. The van der Waals surface area contributed by atoms with Crippen LogP contribution in [0.1, 0.15) is 49.9 Å². The normalized spacial score (nSPS) is 24.3. The van der Waals surface area contributed by atoms with Crippen LogP contribution in [0.5, 0.6) is 0 Å². The minimum Gasteiger partial charge on any atom is -0.483 e. The number of hydrogen-bond donors (Lipinski definition) is 5. The number of nitrogens with two attached hydrogens (primary N) is 1. The van der Waals surface area contributed by atoms with Gasteiger partial charge in [-0.25, -0.2) is 4.98 Å². The fourth-order valence-electron chi connectivity index (χ4n) is 5.13. The molecule has 3 aliphatic rings. The van der Waals surface area contributed by atoms with Crippen LogP contribution in [0.3, 0.4) is 0 Å². The number of rotatable bonds is 5. The summed E-state index contributed by atoms with van der Waals surface area (Å²) < 4.78 is 5.52. The van der Waals surface area contributed by atoms with Gasteiger partial charge >= 0.3 is 0 Å². The standard InChI is InChI=1S/C22H38N6O2.2CH2O2/c1-16-21(25-15-24-16)14-27-8-4-19(5-9-27)26-22(29)17-2-3-18(23)13-28(12-17)20-6-10-30-11-7-20;2*2-1-3/h15,17-20H,2-14,23H2,1H3,(H,24,25)(H,26,29);2*1H,(H,2,3)/t17-,18+;;/m1../s1. The number of piperidine rings is 1. The lowest BCUT2D eigenvalue weighted by molar-refractivity contribution is -0.127. The Labute approximate surface area is 212 Å². The fraction of sp³-hybridized carbons (Fsp3) is 0.750. The summed E-state index contributed by atoms with van der Waals surface area (Å²) in [4.78, 5) is 42.3. The first-order chi connectivity index (χ1) is 17.4. The second kappa shape index (κ2) is 16.3. The van der Waals surface area contributed by atoms with Crippen molar-refractivity contribution in [2.75, 3.05) is 39.4 Å². The van der Waals surface area contributed by atoms with Crippen LogP contribution < -0.4 is 11.1 Å². The number of H-pyrrole nitrogens is 1. The van der Waals surface area contributed by atoms with Gasteiger partial charge in [0, 0.05) is 69.8 Å². The van der Waals surface area contributed by atoms with Crippen LogP contribution in [0, 0.1) is 12.8 Å². The van der Waals surface area contributed by atoms with E-state index in [0.717, 1.165) is 95.9 Å². The van der Waals surface area contributed by atoms with Crippen LogP contribution in [-0.2, 0) is 25.7 Å². The van der Waals surface area contributed by atoms with Crippen LogP contribution in [0.15, 0.2) is 6.33 Å². The maximum Gasteiger partial charge on any atom is 0.290 e. The summed E-state index contributed by atoms with van der Waals surface area (Å²) in [5, 5.41) is 17.1. The van der Waals surface area contributed by atoms with Gasteiger partial charge in [0.1, 0.15) is 0 Å². The second-order valence-electron chi connectivity index (χ2n) is 9.58. The van der Waals surface area contributed by atoms with Crippen molar-refractivity contribution in [1.29, 1.82) is 0 Å². The van der Waals surface area contributed by atoms with Gasteiger partial charge in [0.15, 0.2) is 0 Å². The zero-order valence-corrected chi connectivity index (χ0v) is 21.2. The molecule has 2 atom stereocenters. The minimum absolute atomic E-state index is 0.0473. The van der Waals surface area contributed by atoms with Crippen LogP contribution >= 0.6 is 0 Å². The molecule has 0 spiro atoms. The van der Waals surface area contributed by atoms with Gasteiger partial charge in [0.25, 0.3) is 12.9 Å². The summed E-state index contributed by atoms with van der Waals surface area (Å²) in [6.07, 6.45) is 7.70. The Bertz CT molecular complexity index is 773. The molecule has 0 aliphatic carbocycles. The highest BCUT2D eigenvalue weighted by Crippen LogP contribution is 2.23. The van der Waals surface area contributed by atoms with Gasteiger partial charge in [-0.15, -0.1) is 0 Å². The van der Waals surface area contributed by atoms with Crippen molar-refractivity contribution in [3.05, 3.63) is 17.7 Å². The molecule has 1 aromatic heterocycles. The molecule has 1 aromatic rings. The number of nitrogens with one attached hydrogen (secondary N) is 2. The van der Waals surface area contributed by atoms with Crippen molar-refractivity contribution in [1.82, 2.24) is 25.1 Å². The third-order valence-corrected chi connectivity index (χ3v) is 7.13. The Balaban J connectivity index is 0.000000693. The van der Waals surface area contributed by atoms with Gasteiger partial charge < -0.3 is 31.0 Å². The van der Waals surface area contributed by atoms with Gasteiger partial charge in [-0.2, -0.15) is 0 Å². The molecule has 0 saturated carbocycles. The van der Waals surface area contributed by atoms with Gasteiger partial charge in [-0.1, -0.05) is 0 Å². The van der Waals surface area contributed by atoms with Crippen molar-refractivity contribution in [3.63, 3.8) is 0 Å². The highest BCUT2D eigenvalue weighted by atomic mass is 16.5. The molecule has 0 bridgehead atoms. The number of carbonyl (C=O) groups is 3. The summed E-state index contributed by atoms with van der Waals surface area (Å²) in [7, 11) is 0. The minimum atomic E-state index is -0.250. The Kier molecular flexibility index (Phi) is 13.4. The lowest BCUT2D eigenvalue weighted by Gasteiger charge is -2.36. The summed E-state index contributed by atoms with van der Waals surface area (Å²) in [6.45, 7) is 7.84. The van der Waals surface area contributed by atoms with Crippen LogP contribution in [0.25, 0.3) is 0 Å². The lowest BCUT2D eigenvalue weighted by atomic mass is 9.98. The average molecular weight is 511 g/mol. The maximum absolute atomic E-state index is 13.1. The van der Waals surface area contributed by atoms with E-state index in [9.17, 15) is 4.79 Å². The molecule has 12 nitrogen and oxygen atoms in total. The first-order valence-electron chi connectivity index (χ1n) is 12.7. The van der Waals surface area contributed by atoms with Crippen LogP contribution in [0.4, 0.5) is 0 Å². The average Bonchev–Trinajstić information content (AvgIpc) is 3.16. The monoisotopic (exact) mass is 510 g/mol. The Morgan fingerprint density at radius 1 is 1.14 bits per heavy atom. The molecule has 12 heteroatoms. The summed E-state index contributed by atoms with van der Waals surface area (Å²) in [5.74, 6) is 0.272. The molecule has 36 heavy (non-hydrogen) atoms. The van der Waals surface area contributed by atoms with E-state index in [1.165, 1.54) is 0 Å². The SMILES string of the molecule is Cc1[nH]cnc1CN1CCC(NC(=O)[C@@H]2CC[C@H](N)CN(C3CCOCC3)C2)CC1.O=CO.O=CO. The maximum atomic E-state index is 13.1. The van der Waals surface area contributed by atoms with E-state index in [4.69, 9.17) is 30.3 Å². The third kappa shape index (κ3) is 9.84. The number of ether oxygens (including phenoxy) is 1. The zero-order chi connectivity index (χ0) is 26.3. The second-order valence-corrected chi connectivity index (χ2v) is 9.58. The number of aromatic nitrogens is 2. The number of imidazole rings is 1. The fourth-order valence-corrected chi connectivity index (χ4v) is 5.13. The van der Waals surface area contributed by atoms with E-state index in [1.807, 2.05) is 0 Å². The van der Waals surface area contributed by atoms with Crippen molar-refractivity contribution in [2.24, 2.45) is 11.7 Å². The largest absolute Gasteiger partial charge is 0.483 e. The van der Waals surface area contributed by atoms with Crippen LogP contribution in [0.2, 0.25) is 0 Å². The van der Waals surface area contributed by atoms with Crippen molar-refractivity contribution >= 4 is 18.9 Å². The number of aromatic amines is 1. The number of aryl methyl sites for hydroxylation is 1. The molecule has 6 N–H and O–H groups in total. The number of hydrogen-bond acceptors (Lipinski definition) is 8. The Morgan fingerprint density at radius 3 is 2.36 bits per heavy atom.